The van der Waals surface area contributed by atoms with E-state index in [0.717, 1.165) is 0 Å². The Bertz CT molecular complexity index is 499. The van der Waals surface area contributed by atoms with Crippen LogP contribution in [-0.4, -0.2) is 22.5 Å². The van der Waals surface area contributed by atoms with Crippen molar-refractivity contribution in [1.29, 1.82) is 0 Å². The SMILES string of the molecule is CCC(C)(NC(=O)C#Cc1ccccc1)C(=O)O. The molecule has 2 N–H and O–H groups in total. The molecule has 0 aliphatic heterocycles. The molecule has 1 atom stereocenters. The highest BCUT2D eigenvalue weighted by Crippen LogP contribution is 2.08. The fourth-order valence-electron chi connectivity index (χ4n) is 1.23. The Labute approximate surface area is 106 Å². The second-order valence-electron chi connectivity index (χ2n) is 4.06. The molecule has 1 rings (SSSR count). The van der Waals surface area contributed by atoms with Gasteiger partial charge in [-0.05, 0) is 25.5 Å². The lowest BCUT2D eigenvalue weighted by Gasteiger charge is -2.22. The number of hydrogen-bond donors (Lipinski definition) is 2. The van der Waals surface area contributed by atoms with Gasteiger partial charge >= 0.3 is 5.97 Å². The van der Waals surface area contributed by atoms with Gasteiger partial charge in [0.25, 0.3) is 5.91 Å². The molecule has 0 bridgehead atoms. The Morgan fingerprint density at radius 3 is 2.44 bits per heavy atom. The van der Waals surface area contributed by atoms with E-state index in [4.69, 9.17) is 5.11 Å². The minimum Gasteiger partial charge on any atom is -0.480 e. The molecule has 1 aromatic carbocycles. The molecule has 0 heterocycles. The van der Waals surface area contributed by atoms with E-state index in [1.165, 1.54) is 6.92 Å². The van der Waals surface area contributed by atoms with Crippen LogP contribution in [0.15, 0.2) is 30.3 Å². The van der Waals surface area contributed by atoms with E-state index in [-0.39, 0.29) is 0 Å². The van der Waals surface area contributed by atoms with Crippen molar-refractivity contribution in [2.75, 3.05) is 0 Å². The van der Waals surface area contributed by atoms with Gasteiger partial charge in [-0.25, -0.2) is 4.79 Å². The molecule has 0 saturated heterocycles. The average molecular weight is 245 g/mol. The normalized spacial score (nSPS) is 12.8. The highest BCUT2D eigenvalue weighted by atomic mass is 16.4. The van der Waals surface area contributed by atoms with Gasteiger partial charge in [0, 0.05) is 11.5 Å². The second-order valence-corrected chi connectivity index (χ2v) is 4.06. The van der Waals surface area contributed by atoms with E-state index >= 15 is 0 Å². The van der Waals surface area contributed by atoms with Crippen LogP contribution in [0.5, 0.6) is 0 Å². The zero-order chi connectivity index (χ0) is 13.6. The lowest BCUT2D eigenvalue weighted by Crippen LogP contribution is -2.51. The van der Waals surface area contributed by atoms with Gasteiger partial charge in [0.1, 0.15) is 5.54 Å². The minimum absolute atomic E-state index is 0.293. The van der Waals surface area contributed by atoms with Crippen molar-refractivity contribution in [3.05, 3.63) is 35.9 Å². The first-order chi connectivity index (χ1) is 8.48. The van der Waals surface area contributed by atoms with Crippen LogP contribution >= 0.6 is 0 Å². The molecule has 0 radical (unpaired) electrons. The van der Waals surface area contributed by atoms with Gasteiger partial charge in [0.05, 0.1) is 0 Å². The predicted octanol–water partition coefficient (Wildman–Crippen LogP) is 1.41. The Kier molecular flexibility index (Phi) is 4.50. The van der Waals surface area contributed by atoms with Gasteiger partial charge < -0.3 is 10.4 Å². The van der Waals surface area contributed by atoms with Crippen LogP contribution < -0.4 is 5.32 Å². The molecule has 0 fully saturated rings. The van der Waals surface area contributed by atoms with Crippen LogP contribution in [-0.2, 0) is 9.59 Å². The maximum Gasteiger partial charge on any atom is 0.329 e. The van der Waals surface area contributed by atoms with Crippen molar-refractivity contribution in [2.24, 2.45) is 0 Å². The summed E-state index contributed by atoms with van der Waals surface area (Å²) in [7, 11) is 0. The molecule has 94 valence electrons. The summed E-state index contributed by atoms with van der Waals surface area (Å²) in [5, 5.41) is 11.4. The lowest BCUT2D eigenvalue weighted by molar-refractivity contribution is -0.146. The van der Waals surface area contributed by atoms with Crippen molar-refractivity contribution in [2.45, 2.75) is 25.8 Å². The molecular formula is C14H15NO3. The third-order valence-electron chi connectivity index (χ3n) is 2.66. The van der Waals surface area contributed by atoms with E-state index in [2.05, 4.69) is 17.2 Å². The number of hydrogen-bond acceptors (Lipinski definition) is 2. The van der Waals surface area contributed by atoms with Crippen LogP contribution in [0, 0.1) is 11.8 Å². The largest absolute Gasteiger partial charge is 0.480 e. The number of carboxylic acids is 1. The minimum atomic E-state index is -1.28. The molecule has 1 amide bonds. The van der Waals surface area contributed by atoms with Gasteiger partial charge in [0.15, 0.2) is 0 Å². The van der Waals surface area contributed by atoms with Crippen LogP contribution in [0.25, 0.3) is 0 Å². The van der Waals surface area contributed by atoms with Gasteiger partial charge in [-0.3, -0.25) is 4.79 Å². The Morgan fingerprint density at radius 2 is 1.94 bits per heavy atom. The molecular weight excluding hydrogens is 230 g/mol. The topological polar surface area (TPSA) is 66.4 Å². The molecule has 0 saturated carbocycles. The summed E-state index contributed by atoms with van der Waals surface area (Å²) >= 11 is 0. The maximum absolute atomic E-state index is 11.5. The standard InChI is InChI=1S/C14H15NO3/c1-3-14(2,13(17)18)15-12(16)10-9-11-7-5-4-6-8-11/h4-8H,3H2,1-2H3,(H,15,16)(H,17,18). The molecule has 0 aliphatic rings. The molecule has 18 heavy (non-hydrogen) atoms. The summed E-state index contributed by atoms with van der Waals surface area (Å²) in [4.78, 5) is 22.5. The van der Waals surface area contributed by atoms with Crippen molar-refractivity contribution >= 4 is 11.9 Å². The maximum atomic E-state index is 11.5. The molecule has 1 aromatic rings. The highest BCUT2D eigenvalue weighted by Gasteiger charge is 2.32. The van der Waals surface area contributed by atoms with E-state index in [9.17, 15) is 9.59 Å². The Balaban J connectivity index is 2.74. The van der Waals surface area contributed by atoms with Crippen molar-refractivity contribution in [1.82, 2.24) is 5.32 Å². The summed E-state index contributed by atoms with van der Waals surface area (Å²) in [6, 6.07) is 9.03. The lowest BCUT2D eigenvalue weighted by atomic mass is 9.99. The Morgan fingerprint density at radius 1 is 1.33 bits per heavy atom. The number of carbonyl (C=O) groups is 2. The summed E-state index contributed by atoms with van der Waals surface area (Å²) < 4.78 is 0. The average Bonchev–Trinajstić information content (AvgIpc) is 2.37. The molecule has 1 unspecified atom stereocenters. The zero-order valence-corrected chi connectivity index (χ0v) is 10.4. The molecule has 4 heteroatoms. The Hall–Kier alpha value is -2.28. The first-order valence-electron chi connectivity index (χ1n) is 5.60. The monoisotopic (exact) mass is 245 g/mol. The van der Waals surface area contributed by atoms with Crippen molar-refractivity contribution < 1.29 is 14.7 Å². The predicted molar refractivity (Wildman–Crippen MR) is 67.8 cm³/mol. The van der Waals surface area contributed by atoms with E-state index < -0.39 is 17.4 Å². The number of nitrogens with one attached hydrogen (secondary N) is 1. The number of carbonyl (C=O) groups excluding carboxylic acids is 1. The van der Waals surface area contributed by atoms with Crippen LogP contribution in [0.2, 0.25) is 0 Å². The quantitative estimate of drug-likeness (QED) is 0.791. The number of amides is 1. The van der Waals surface area contributed by atoms with E-state index in [0.29, 0.717) is 12.0 Å². The zero-order valence-electron chi connectivity index (χ0n) is 10.4. The second kappa shape index (κ2) is 5.87. The number of carboxylic acid groups (broad SMARTS) is 1. The number of aliphatic carboxylic acids is 1. The summed E-state index contributed by atoms with van der Waals surface area (Å²) in [5.41, 5.74) is -0.566. The highest BCUT2D eigenvalue weighted by molar-refractivity contribution is 5.97. The van der Waals surface area contributed by atoms with Crippen LogP contribution in [0.1, 0.15) is 25.8 Å². The molecule has 4 nitrogen and oxygen atoms in total. The summed E-state index contributed by atoms with van der Waals surface area (Å²) in [5.74, 6) is 3.39. The van der Waals surface area contributed by atoms with Crippen molar-refractivity contribution in [3.8, 4) is 11.8 Å². The van der Waals surface area contributed by atoms with Gasteiger partial charge in [-0.2, -0.15) is 0 Å². The smallest absolute Gasteiger partial charge is 0.329 e. The van der Waals surface area contributed by atoms with Gasteiger partial charge in [-0.15, -0.1) is 0 Å². The molecule has 0 aromatic heterocycles. The molecule has 0 spiro atoms. The third kappa shape index (κ3) is 3.63. The van der Waals surface area contributed by atoms with Crippen LogP contribution in [0.3, 0.4) is 0 Å². The van der Waals surface area contributed by atoms with Crippen LogP contribution in [0.4, 0.5) is 0 Å². The van der Waals surface area contributed by atoms with Gasteiger partial charge in [-0.1, -0.05) is 31.0 Å². The number of rotatable bonds is 3. The molecule has 0 aliphatic carbocycles. The summed E-state index contributed by atoms with van der Waals surface area (Å²) in [6.45, 7) is 3.15. The van der Waals surface area contributed by atoms with E-state index in [1.807, 2.05) is 18.2 Å². The summed E-state index contributed by atoms with van der Waals surface area (Å²) in [6.07, 6.45) is 0.293. The van der Waals surface area contributed by atoms with Crippen molar-refractivity contribution in [3.63, 3.8) is 0 Å². The van der Waals surface area contributed by atoms with E-state index in [1.54, 1.807) is 19.1 Å². The third-order valence-corrected chi connectivity index (χ3v) is 2.66. The number of benzene rings is 1. The first-order valence-corrected chi connectivity index (χ1v) is 5.60. The fraction of sp³-hybridized carbons (Fsp3) is 0.286. The van der Waals surface area contributed by atoms with Gasteiger partial charge in [0.2, 0.25) is 0 Å². The fourth-order valence-corrected chi connectivity index (χ4v) is 1.23. The first kappa shape index (κ1) is 13.8.